The molecule has 3 rings (SSSR count). The maximum atomic E-state index is 11.1. The van der Waals surface area contributed by atoms with Crippen molar-refractivity contribution in [3.8, 4) is 0 Å². The van der Waals surface area contributed by atoms with E-state index in [1.54, 1.807) is 0 Å². The molecule has 0 radical (unpaired) electrons. The molecule has 2 heterocycles. The lowest BCUT2D eigenvalue weighted by atomic mass is 9.75. The highest BCUT2D eigenvalue weighted by Gasteiger charge is 2.39. The molecule has 1 aromatic heterocycles. The van der Waals surface area contributed by atoms with E-state index in [4.69, 9.17) is 14.3 Å². The predicted molar refractivity (Wildman–Crippen MR) is 65.7 cm³/mol. The number of oxazole rings is 1. The van der Waals surface area contributed by atoms with Gasteiger partial charge in [0.15, 0.2) is 5.58 Å². The zero-order chi connectivity index (χ0) is 12.6. The first-order valence-electron chi connectivity index (χ1n) is 6.05. The van der Waals surface area contributed by atoms with Crippen LogP contribution in [-0.4, -0.2) is 29.9 Å². The maximum Gasteiger partial charge on any atom is 0.417 e. The normalized spacial score (nSPS) is 17.8. The number of aromatic nitrogens is 1. The van der Waals surface area contributed by atoms with Gasteiger partial charge < -0.3 is 14.3 Å². The molecule has 96 valence electrons. The Bertz CT molecular complexity index is 609. The summed E-state index contributed by atoms with van der Waals surface area (Å²) in [5.41, 5.74) is 2.39. The highest BCUT2D eigenvalue weighted by Crippen LogP contribution is 2.37. The van der Waals surface area contributed by atoms with Crippen LogP contribution in [-0.2, 0) is 10.2 Å². The molecule has 1 aromatic carbocycles. The SMILES string of the molecule is O=c1[nH]c2cc(C3(CCCO)COC3)ccc2o1. The van der Waals surface area contributed by atoms with Gasteiger partial charge >= 0.3 is 5.76 Å². The zero-order valence-corrected chi connectivity index (χ0v) is 9.94. The average Bonchev–Trinajstić information content (AvgIpc) is 2.67. The molecule has 1 saturated heterocycles. The van der Waals surface area contributed by atoms with Gasteiger partial charge in [-0.1, -0.05) is 6.07 Å². The minimum atomic E-state index is -0.434. The summed E-state index contributed by atoms with van der Waals surface area (Å²) in [5.74, 6) is -0.434. The second-order valence-electron chi connectivity index (χ2n) is 4.83. The fourth-order valence-electron chi connectivity index (χ4n) is 2.50. The molecule has 1 aliphatic heterocycles. The molecular formula is C13H15NO4. The molecule has 0 atom stereocenters. The Morgan fingerprint density at radius 3 is 2.89 bits per heavy atom. The standard InChI is InChI=1S/C13H15NO4/c15-5-1-4-13(7-17-8-13)9-2-3-11-10(6-9)14-12(16)18-11/h2-3,6,15H,1,4-5,7-8H2,(H,14,16). The van der Waals surface area contributed by atoms with Gasteiger partial charge in [0.1, 0.15) is 0 Å². The molecule has 5 heteroatoms. The molecule has 5 nitrogen and oxygen atoms in total. The number of benzene rings is 1. The number of H-pyrrole nitrogens is 1. The van der Waals surface area contributed by atoms with E-state index in [0.717, 1.165) is 18.4 Å². The molecule has 2 N–H and O–H groups in total. The van der Waals surface area contributed by atoms with Crippen molar-refractivity contribution in [1.82, 2.24) is 4.98 Å². The van der Waals surface area contributed by atoms with Crippen LogP contribution in [0.1, 0.15) is 18.4 Å². The average molecular weight is 249 g/mol. The van der Waals surface area contributed by atoms with Gasteiger partial charge in [-0.3, -0.25) is 4.98 Å². The summed E-state index contributed by atoms with van der Waals surface area (Å²) in [4.78, 5) is 13.8. The largest absolute Gasteiger partial charge is 0.417 e. The van der Waals surface area contributed by atoms with Crippen molar-refractivity contribution in [1.29, 1.82) is 0 Å². The van der Waals surface area contributed by atoms with Crippen molar-refractivity contribution in [2.75, 3.05) is 19.8 Å². The topological polar surface area (TPSA) is 75.5 Å². The van der Waals surface area contributed by atoms with E-state index in [2.05, 4.69) is 4.98 Å². The van der Waals surface area contributed by atoms with Crippen LogP contribution in [0.3, 0.4) is 0 Å². The van der Waals surface area contributed by atoms with Crippen molar-refractivity contribution >= 4 is 11.1 Å². The summed E-state index contributed by atoms with van der Waals surface area (Å²) in [6.07, 6.45) is 1.64. The van der Waals surface area contributed by atoms with E-state index in [9.17, 15) is 4.79 Å². The van der Waals surface area contributed by atoms with Crippen molar-refractivity contribution in [2.45, 2.75) is 18.3 Å². The predicted octanol–water partition coefficient (Wildman–Crippen LogP) is 1.16. The molecule has 0 spiro atoms. The van der Waals surface area contributed by atoms with E-state index in [1.807, 2.05) is 18.2 Å². The molecule has 0 unspecified atom stereocenters. The Balaban J connectivity index is 1.99. The van der Waals surface area contributed by atoms with Gasteiger partial charge in [0, 0.05) is 12.0 Å². The Labute approximate surface area is 103 Å². The van der Waals surface area contributed by atoms with E-state index < -0.39 is 5.76 Å². The number of hydrogen-bond donors (Lipinski definition) is 2. The van der Waals surface area contributed by atoms with Crippen LogP contribution in [0.25, 0.3) is 11.1 Å². The number of nitrogens with one attached hydrogen (secondary N) is 1. The van der Waals surface area contributed by atoms with Crippen molar-refractivity contribution < 1.29 is 14.3 Å². The highest BCUT2D eigenvalue weighted by atomic mass is 16.5. The number of aromatic amines is 1. The fraction of sp³-hybridized carbons (Fsp3) is 0.462. The van der Waals surface area contributed by atoms with Gasteiger partial charge in [-0.05, 0) is 30.5 Å². The van der Waals surface area contributed by atoms with Crippen LogP contribution < -0.4 is 5.76 Å². The number of fused-ring (bicyclic) bond motifs is 1. The van der Waals surface area contributed by atoms with Crippen LogP contribution in [0.15, 0.2) is 27.4 Å². The summed E-state index contributed by atoms with van der Waals surface area (Å²) in [6, 6.07) is 5.72. The summed E-state index contributed by atoms with van der Waals surface area (Å²) in [5, 5.41) is 8.97. The quantitative estimate of drug-likeness (QED) is 0.852. The van der Waals surface area contributed by atoms with Crippen molar-refractivity contribution in [3.05, 3.63) is 34.3 Å². The fourth-order valence-corrected chi connectivity index (χ4v) is 2.50. The first kappa shape index (κ1) is 11.5. The number of aliphatic hydroxyl groups excluding tert-OH is 1. The summed E-state index contributed by atoms with van der Waals surface area (Å²) < 4.78 is 10.3. The number of hydrogen-bond acceptors (Lipinski definition) is 4. The number of rotatable bonds is 4. The van der Waals surface area contributed by atoms with Gasteiger partial charge in [0.05, 0.1) is 18.7 Å². The summed E-state index contributed by atoms with van der Waals surface area (Å²) in [6.45, 7) is 1.52. The first-order chi connectivity index (χ1) is 8.73. The highest BCUT2D eigenvalue weighted by molar-refractivity contribution is 5.73. The Hall–Kier alpha value is -1.59. The van der Waals surface area contributed by atoms with Gasteiger partial charge in [-0.25, -0.2) is 4.79 Å². The maximum absolute atomic E-state index is 11.1. The molecule has 0 bridgehead atoms. The molecule has 18 heavy (non-hydrogen) atoms. The van der Waals surface area contributed by atoms with Gasteiger partial charge in [-0.2, -0.15) is 0 Å². The number of aliphatic hydroxyl groups is 1. The minimum Gasteiger partial charge on any atom is -0.408 e. The van der Waals surface area contributed by atoms with Crippen LogP contribution in [0.2, 0.25) is 0 Å². The number of ether oxygens (including phenoxy) is 1. The second-order valence-corrected chi connectivity index (χ2v) is 4.83. The van der Waals surface area contributed by atoms with Crippen molar-refractivity contribution in [3.63, 3.8) is 0 Å². The molecular weight excluding hydrogens is 234 g/mol. The zero-order valence-electron chi connectivity index (χ0n) is 9.94. The smallest absolute Gasteiger partial charge is 0.408 e. The van der Waals surface area contributed by atoms with Crippen LogP contribution in [0, 0.1) is 0 Å². The third-order valence-electron chi connectivity index (χ3n) is 3.60. The third kappa shape index (κ3) is 1.76. The Morgan fingerprint density at radius 1 is 1.39 bits per heavy atom. The lowest BCUT2D eigenvalue weighted by Crippen LogP contribution is -2.46. The van der Waals surface area contributed by atoms with E-state index >= 15 is 0 Å². The van der Waals surface area contributed by atoms with Gasteiger partial charge in [0.2, 0.25) is 0 Å². The monoisotopic (exact) mass is 249 g/mol. The van der Waals surface area contributed by atoms with Crippen LogP contribution in [0.5, 0.6) is 0 Å². The van der Waals surface area contributed by atoms with Crippen LogP contribution >= 0.6 is 0 Å². The molecule has 1 aliphatic rings. The molecule has 2 aromatic rings. The van der Waals surface area contributed by atoms with Gasteiger partial charge in [-0.15, -0.1) is 0 Å². The van der Waals surface area contributed by atoms with E-state index in [1.165, 1.54) is 0 Å². The lowest BCUT2D eigenvalue weighted by Gasteiger charge is -2.42. The lowest BCUT2D eigenvalue weighted by molar-refractivity contribution is -0.0664. The molecule has 0 aliphatic carbocycles. The Kier molecular flexibility index (Phi) is 2.72. The third-order valence-corrected chi connectivity index (χ3v) is 3.60. The summed E-state index contributed by atoms with van der Waals surface area (Å²) >= 11 is 0. The van der Waals surface area contributed by atoms with Gasteiger partial charge in [0.25, 0.3) is 0 Å². The molecule has 0 amide bonds. The Morgan fingerprint density at radius 2 is 2.22 bits per heavy atom. The molecule has 1 fully saturated rings. The second kappa shape index (κ2) is 4.26. The van der Waals surface area contributed by atoms with E-state index in [0.29, 0.717) is 24.3 Å². The first-order valence-corrected chi connectivity index (χ1v) is 6.05. The van der Waals surface area contributed by atoms with Crippen molar-refractivity contribution in [2.24, 2.45) is 0 Å². The summed E-state index contributed by atoms with van der Waals surface area (Å²) in [7, 11) is 0. The van der Waals surface area contributed by atoms with E-state index in [-0.39, 0.29) is 12.0 Å². The molecule has 0 saturated carbocycles. The minimum absolute atomic E-state index is 0.0227. The van der Waals surface area contributed by atoms with Crippen LogP contribution in [0.4, 0.5) is 0 Å².